The van der Waals surface area contributed by atoms with Crippen molar-refractivity contribution in [3.63, 3.8) is 0 Å². The molecule has 0 amide bonds. The highest BCUT2D eigenvalue weighted by Crippen LogP contribution is 2.42. The predicted molar refractivity (Wildman–Crippen MR) is 180 cm³/mol. The fraction of sp³-hybridized carbons (Fsp3) is 0.429. The third-order valence-electron chi connectivity index (χ3n) is 8.60. The van der Waals surface area contributed by atoms with Crippen LogP contribution in [0, 0.1) is 5.92 Å². The molecule has 1 heterocycles. The van der Waals surface area contributed by atoms with Crippen molar-refractivity contribution in [2.24, 2.45) is 28.1 Å². The number of hydrogen-bond acceptors (Lipinski definition) is 5. The maximum Gasteiger partial charge on any atom is 0.328 e. The number of allylic oxidation sites excluding steroid dienone is 1. The quantitative estimate of drug-likeness (QED) is 0.0437. The van der Waals surface area contributed by atoms with Gasteiger partial charge in [-0.2, -0.15) is 0 Å². The molecule has 2 aromatic carbocycles. The van der Waals surface area contributed by atoms with E-state index in [1.807, 2.05) is 18.3 Å². The molecule has 1 aliphatic rings. The number of fused-ring (bicyclic) bond motifs is 2. The molecule has 4 atom stereocenters. The summed E-state index contributed by atoms with van der Waals surface area (Å²) in [7, 11) is 0. The van der Waals surface area contributed by atoms with Crippen LogP contribution in [-0.2, 0) is 4.79 Å². The van der Waals surface area contributed by atoms with Gasteiger partial charge in [0.2, 0.25) is 0 Å². The zero-order valence-corrected chi connectivity index (χ0v) is 25.5. The molecular formula is C35H48N6O3. The largest absolute Gasteiger partial charge is 0.478 e. The number of hydrogen-bond donors (Lipinski definition) is 7. The molecule has 0 saturated heterocycles. The summed E-state index contributed by atoms with van der Waals surface area (Å²) in [5.74, 6) is 0.0484. The van der Waals surface area contributed by atoms with Crippen LogP contribution in [0.15, 0.2) is 77.4 Å². The van der Waals surface area contributed by atoms with Crippen LogP contribution in [0.3, 0.4) is 0 Å². The maximum atomic E-state index is 11.9. The number of carboxylic acids is 1. The Labute approximate surface area is 260 Å². The number of aliphatic hydroxyl groups is 1. The van der Waals surface area contributed by atoms with Crippen molar-refractivity contribution in [1.29, 1.82) is 0 Å². The number of aliphatic hydroxyl groups excluding tert-OH is 1. The molecule has 1 aliphatic carbocycles. The number of guanidine groups is 1. The van der Waals surface area contributed by atoms with E-state index in [0.717, 1.165) is 57.2 Å². The van der Waals surface area contributed by atoms with Crippen molar-refractivity contribution >= 4 is 34.6 Å². The van der Waals surface area contributed by atoms with Gasteiger partial charge >= 0.3 is 5.97 Å². The number of H-pyrrole nitrogens is 1. The number of anilines is 1. The van der Waals surface area contributed by atoms with E-state index in [1.54, 1.807) is 0 Å². The Hall–Kier alpha value is -4.08. The van der Waals surface area contributed by atoms with Crippen molar-refractivity contribution in [3.8, 4) is 0 Å². The van der Waals surface area contributed by atoms with Gasteiger partial charge < -0.3 is 37.7 Å². The van der Waals surface area contributed by atoms with E-state index >= 15 is 0 Å². The van der Waals surface area contributed by atoms with Gasteiger partial charge in [-0.15, -0.1) is 0 Å². The van der Waals surface area contributed by atoms with Crippen LogP contribution in [0.4, 0.5) is 5.82 Å². The van der Waals surface area contributed by atoms with Crippen molar-refractivity contribution in [2.45, 2.75) is 75.8 Å². The maximum absolute atomic E-state index is 11.9. The molecule has 1 aromatic heterocycles. The van der Waals surface area contributed by atoms with Crippen LogP contribution >= 0.6 is 0 Å². The van der Waals surface area contributed by atoms with Crippen LogP contribution in [-0.4, -0.2) is 52.4 Å². The highest BCUT2D eigenvalue weighted by molar-refractivity contribution is 5.87. The molecule has 0 radical (unpaired) electrons. The Kier molecular flexibility index (Phi) is 12.4. The second-order valence-electron chi connectivity index (χ2n) is 11.9. The summed E-state index contributed by atoms with van der Waals surface area (Å²) < 4.78 is 0. The number of aromatic amines is 1. The summed E-state index contributed by atoms with van der Waals surface area (Å²) >= 11 is 0. The smallest absolute Gasteiger partial charge is 0.328 e. The average molecular weight is 601 g/mol. The lowest BCUT2D eigenvalue weighted by molar-refractivity contribution is -0.131. The lowest BCUT2D eigenvalue weighted by atomic mass is 9.73. The minimum Gasteiger partial charge on any atom is -0.478 e. The number of nitrogens with zero attached hydrogens (tertiary/aromatic N) is 1. The number of nitrogens with one attached hydrogen (secondary N) is 2. The third-order valence-corrected chi connectivity index (χ3v) is 8.60. The first-order chi connectivity index (χ1) is 21.3. The number of benzene rings is 2. The van der Waals surface area contributed by atoms with Gasteiger partial charge in [-0.25, -0.2) is 9.79 Å². The number of aliphatic imine (C=N–C) groups is 1. The van der Waals surface area contributed by atoms with E-state index in [2.05, 4.69) is 63.8 Å². The lowest BCUT2D eigenvalue weighted by Crippen LogP contribution is -2.31. The molecule has 4 rings (SSSR count). The monoisotopic (exact) mass is 600 g/mol. The Morgan fingerprint density at radius 1 is 1.02 bits per heavy atom. The highest BCUT2D eigenvalue weighted by Gasteiger charge is 2.30. The minimum atomic E-state index is -1.04. The third kappa shape index (κ3) is 9.72. The summed E-state index contributed by atoms with van der Waals surface area (Å²) in [6, 6.07) is 16.7. The van der Waals surface area contributed by atoms with Crippen molar-refractivity contribution in [1.82, 2.24) is 4.98 Å². The standard InChI is InChI=1S/C35H48N6O3/c36-29(11-3-1-2-6-18-42)12-7-13-30-27(16-15-26-19-24-9-4-5-10-25(24)20-31(26)30)21-32(41-33-14-8-17-39-33)28(22-34(43)44)23-40-35(37)38/h4-5,8-10,14-17,19-20,22,27,29-30,32,39,41-42H,1-3,6-7,11-13,18,21,23,36H2,(H,43,44)(H4,37,38,40). The number of nitrogens with two attached hydrogens (primary N) is 3. The van der Waals surface area contributed by atoms with E-state index in [4.69, 9.17) is 22.3 Å². The number of aromatic nitrogens is 1. The summed E-state index contributed by atoms with van der Waals surface area (Å²) in [6.45, 7) is 0.339. The molecule has 0 fully saturated rings. The number of carboxylic acid groups (broad SMARTS) is 1. The SMILES string of the molecule is NC(N)=NCC(=CC(=O)O)C(CC1C=Cc2cc3ccccc3cc2C1CCCC(N)CCCCCCO)Nc1ccc[nH]1. The summed E-state index contributed by atoms with van der Waals surface area (Å²) in [6.07, 6.45) is 16.2. The van der Waals surface area contributed by atoms with Gasteiger partial charge in [0.25, 0.3) is 0 Å². The van der Waals surface area contributed by atoms with Gasteiger partial charge in [0.05, 0.1) is 12.6 Å². The van der Waals surface area contributed by atoms with Gasteiger partial charge in [-0.05, 0) is 89.6 Å². The Morgan fingerprint density at radius 3 is 2.48 bits per heavy atom. The van der Waals surface area contributed by atoms with E-state index in [9.17, 15) is 9.90 Å². The summed E-state index contributed by atoms with van der Waals surface area (Å²) in [5.41, 5.74) is 21.0. The molecule has 0 bridgehead atoms. The van der Waals surface area contributed by atoms with Crippen molar-refractivity contribution in [2.75, 3.05) is 18.5 Å². The van der Waals surface area contributed by atoms with Crippen molar-refractivity contribution in [3.05, 3.63) is 83.6 Å². The summed E-state index contributed by atoms with van der Waals surface area (Å²) in [5, 5.41) is 24.7. The molecule has 9 heteroatoms. The van der Waals surface area contributed by atoms with Crippen LogP contribution in [0.2, 0.25) is 0 Å². The first kappa shape index (κ1) is 32.8. The minimum absolute atomic E-state index is 0.0825. The second kappa shape index (κ2) is 16.7. The first-order valence-corrected chi connectivity index (χ1v) is 15.8. The van der Waals surface area contributed by atoms with E-state index in [1.165, 1.54) is 28.0 Å². The molecule has 10 N–H and O–H groups in total. The zero-order valence-electron chi connectivity index (χ0n) is 25.5. The van der Waals surface area contributed by atoms with Crippen LogP contribution in [0.5, 0.6) is 0 Å². The fourth-order valence-corrected chi connectivity index (χ4v) is 6.34. The Bertz CT molecular complexity index is 1430. The number of unbranched alkanes of at least 4 members (excludes halogenated alkanes) is 3. The molecule has 44 heavy (non-hydrogen) atoms. The predicted octanol–water partition coefficient (Wildman–Crippen LogP) is 5.49. The Morgan fingerprint density at radius 2 is 1.77 bits per heavy atom. The van der Waals surface area contributed by atoms with Gasteiger partial charge in [0, 0.05) is 24.9 Å². The van der Waals surface area contributed by atoms with E-state index < -0.39 is 5.97 Å². The Balaban J connectivity index is 1.59. The normalized spacial score (nSPS) is 17.6. The van der Waals surface area contributed by atoms with Gasteiger partial charge in [0.15, 0.2) is 5.96 Å². The highest BCUT2D eigenvalue weighted by atomic mass is 16.4. The molecule has 4 unspecified atom stereocenters. The number of aliphatic carboxylic acids is 1. The molecule has 236 valence electrons. The molecule has 3 aromatic rings. The van der Waals surface area contributed by atoms with Gasteiger partial charge in [-0.1, -0.05) is 68.2 Å². The summed E-state index contributed by atoms with van der Waals surface area (Å²) in [4.78, 5) is 19.2. The fourth-order valence-electron chi connectivity index (χ4n) is 6.34. The van der Waals surface area contributed by atoms with E-state index in [0.29, 0.717) is 12.0 Å². The van der Waals surface area contributed by atoms with Crippen molar-refractivity contribution < 1.29 is 15.0 Å². The lowest BCUT2D eigenvalue weighted by Gasteiger charge is -2.34. The van der Waals surface area contributed by atoms with Crippen LogP contribution in [0.1, 0.15) is 74.8 Å². The average Bonchev–Trinajstić information content (AvgIpc) is 3.51. The topological polar surface area (TPSA) is 176 Å². The van der Waals surface area contributed by atoms with Crippen LogP contribution < -0.4 is 22.5 Å². The molecule has 0 saturated carbocycles. The van der Waals surface area contributed by atoms with Crippen LogP contribution in [0.25, 0.3) is 16.8 Å². The molecule has 0 aliphatic heterocycles. The first-order valence-electron chi connectivity index (χ1n) is 15.8. The molecule has 0 spiro atoms. The second-order valence-corrected chi connectivity index (χ2v) is 11.9. The zero-order chi connectivity index (χ0) is 31.3. The number of rotatable bonds is 18. The van der Waals surface area contributed by atoms with Gasteiger partial charge in [0.1, 0.15) is 5.82 Å². The molecular weight excluding hydrogens is 552 g/mol. The number of carbonyl (C=O) groups is 1. The van der Waals surface area contributed by atoms with E-state index in [-0.39, 0.29) is 43.0 Å². The molecule has 9 nitrogen and oxygen atoms in total. The van der Waals surface area contributed by atoms with Gasteiger partial charge in [-0.3, -0.25) is 0 Å².